The largest absolute Gasteiger partial charge is 0.326 e. The molecule has 1 heterocycles. The molecule has 0 aliphatic heterocycles. The Balaban J connectivity index is 1.60. The molecule has 3 rings (SSSR count). The number of benzene rings is 2. The van der Waals surface area contributed by atoms with E-state index in [-0.39, 0.29) is 11.8 Å². The van der Waals surface area contributed by atoms with Crippen molar-refractivity contribution in [2.24, 2.45) is 5.92 Å². The number of thiazole rings is 1. The molecule has 0 saturated carbocycles. The molecule has 0 aliphatic rings. The lowest BCUT2D eigenvalue weighted by Crippen LogP contribution is -2.14. The fourth-order valence-electron chi connectivity index (χ4n) is 3.00. The van der Waals surface area contributed by atoms with E-state index in [1.54, 1.807) is 0 Å². The maximum atomic E-state index is 12.3. The van der Waals surface area contributed by atoms with Crippen LogP contribution in [0.5, 0.6) is 0 Å². The van der Waals surface area contributed by atoms with Gasteiger partial charge < -0.3 is 10.6 Å². The van der Waals surface area contributed by atoms with E-state index in [0.29, 0.717) is 18.1 Å². The molecule has 2 aromatic carbocycles. The zero-order valence-electron chi connectivity index (χ0n) is 17.0. The molecule has 5 nitrogen and oxygen atoms in total. The SMILES string of the molecule is Cc1cc(C)cc(NC(=O)CSc2nc3ccc(NC(=O)CC(C)C)cc3s2)c1. The van der Waals surface area contributed by atoms with Gasteiger partial charge in [0.25, 0.3) is 0 Å². The number of hydrogen-bond donors (Lipinski definition) is 2. The van der Waals surface area contributed by atoms with E-state index in [2.05, 4.69) is 21.7 Å². The lowest BCUT2D eigenvalue weighted by atomic mass is 10.1. The molecule has 2 amide bonds. The summed E-state index contributed by atoms with van der Waals surface area (Å²) in [5.74, 6) is 0.576. The first-order chi connectivity index (χ1) is 13.8. The van der Waals surface area contributed by atoms with E-state index >= 15 is 0 Å². The smallest absolute Gasteiger partial charge is 0.234 e. The van der Waals surface area contributed by atoms with Gasteiger partial charge in [-0.1, -0.05) is 31.7 Å². The van der Waals surface area contributed by atoms with Crippen molar-refractivity contribution < 1.29 is 9.59 Å². The van der Waals surface area contributed by atoms with Crippen molar-refractivity contribution >= 4 is 56.5 Å². The van der Waals surface area contributed by atoms with Crippen LogP contribution < -0.4 is 10.6 Å². The highest BCUT2D eigenvalue weighted by Gasteiger charge is 2.11. The van der Waals surface area contributed by atoms with Gasteiger partial charge in [0.2, 0.25) is 11.8 Å². The highest BCUT2D eigenvalue weighted by molar-refractivity contribution is 8.01. The minimum atomic E-state index is -0.0547. The molecule has 2 N–H and O–H groups in total. The first-order valence-corrected chi connectivity index (χ1v) is 11.3. The van der Waals surface area contributed by atoms with Gasteiger partial charge in [0.05, 0.1) is 16.0 Å². The number of fused-ring (bicyclic) bond motifs is 1. The number of carbonyl (C=O) groups is 2. The number of hydrogen-bond acceptors (Lipinski definition) is 5. The minimum absolute atomic E-state index is 0.0153. The van der Waals surface area contributed by atoms with Gasteiger partial charge in [-0.15, -0.1) is 11.3 Å². The Hall–Kier alpha value is -2.38. The molecule has 29 heavy (non-hydrogen) atoms. The van der Waals surface area contributed by atoms with Crippen molar-refractivity contribution in [2.75, 3.05) is 16.4 Å². The Labute approximate surface area is 179 Å². The van der Waals surface area contributed by atoms with Crippen molar-refractivity contribution in [1.29, 1.82) is 0 Å². The summed E-state index contributed by atoms with van der Waals surface area (Å²) in [6, 6.07) is 11.7. The van der Waals surface area contributed by atoms with Crippen LogP contribution in [0.4, 0.5) is 11.4 Å². The van der Waals surface area contributed by atoms with Gasteiger partial charge in [-0.2, -0.15) is 0 Å². The van der Waals surface area contributed by atoms with E-state index in [9.17, 15) is 9.59 Å². The fraction of sp³-hybridized carbons (Fsp3) is 0.318. The zero-order valence-corrected chi connectivity index (χ0v) is 18.7. The number of nitrogens with one attached hydrogen (secondary N) is 2. The van der Waals surface area contributed by atoms with Crippen molar-refractivity contribution in [2.45, 2.75) is 38.5 Å². The second kappa shape index (κ2) is 9.41. The molecule has 0 saturated heterocycles. The van der Waals surface area contributed by atoms with Crippen LogP contribution in [0.2, 0.25) is 0 Å². The third kappa shape index (κ3) is 6.30. The third-order valence-corrected chi connectivity index (χ3v) is 6.24. The van der Waals surface area contributed by atoms with Gasteiger partial charge in [0.1, 0.15) is 0 Å². The number of aryl methyl sites for hydroxylation is 2. The molecule has 0 radical (unpaired) electrons. The van der Waals surface area contributed by atoms with Gasteiger partial charge in [-0.05, 0) is 61.2 Å². The molecular formula is C22H25N3O2S2. The molecule has 152 valence electrons. The van der Waals surface area contributed by atoms with Crippen LogP contribution in [0.3, 0.4) is 0 Å². The Kier molecular flexibility index (Phi) is 6.92. The van der Waals surface area contributed by atoms with Crippen LogP contribution in [0, 0.1) is 19.8 Å². The zero-order chi connectivity index (χ0) is 21.0. The molecule has 0 atom stereocenters. The standard InChI is InChI=1S/C22H25N3O2S2/c1-13(2)7-20(26)23-16-5-6-18-19(11-16)29-22(25-18)28-12-21(27)24-17-9-14(3)8-15(4)10-17/h5-6,8-11,13H,7,12H2,1-4H3,(H,23,26)(H,24,27). The molecule has 3 aromatic rings. The Morgan fingerprint density at radius 1 is 1.00 bits per heavy atom. The summed E-state index contributed by atoms with van der Waals surface area (Å²) in [6.45, 7) is 8.06. The Bertz CT molecular complexity index is 1020. The van der Waals surface area contributed by atoms with Gasteiger partial charge in [-0.25, -0.2) is 4.98 Å². The lowest BCUT2D eigenvalue weighted by Gasteiger charge is -2.06. The minimum Gasteiger partial charge on any atom is -0.326 e. The van der Waals surface area contributed by atoms with Crippen molar-refractivity contribution in [3.63, 3.8) is 0 Å². The Morgan fingerprint density at radius 3 is 2.38 bits per heavy atom. The average Bonchev–Trinajstić information content (AvgIpc) is 3.00. The molecule has 0 unspecified atom stereocenters. The number of aromatic nitrogens is 1. The number of nitrogens with zero attached hydrogens (tertiary/aromatic N) is 1. The lowest BCUT2D eigenvalue weighted by molar-refractivity contribution is -0.117. The molecule has 7 heteroatoms. The van der Waals surface area contributed by atoms with E-state index in [1.807, 2.05) is 58.0 Å². The number of anilines is 2. The molecule has 0 fully saturated rings. The molecule has 0 aliphatic carbocycles. The van der Waals surface area contributed by atoms with Crippen molar-refractivity contribution in [3.05, 3.63) is 47.5 Å². The van der Waals surface area contributed by atoms with Crippen molar-refractivity contribution in [3.8, 4) is 0 Å². The van der Waals surface area contributed by atoms with E-state index in [4.69, 9.17) is 0 Å². The van der Waals surface area contributed by atoms with Gasteiger partial charge >= 0.3 is 0 Å². The summed E-state index contributed by atoms with van der Waals surface area (Å²) in [6.07, 6.45) is 0.497. The number of rotatable bonds is 7. The number of amides is 2. The third-order valence-electron chi connectivity index (χ3n) is 4.08. The number of thioether (sulfide) groups is 1. The first kappa shape index (κ1) is 21.3. The molecule has 1 aromatic heterocycles. The summed E-state index contributed by atoms with van der Waals surface area (Å²) in [4.78, 5) is 28.8. The maximum Gasteiger partial charge on any atom is 0.234 e. The van der Waals surface area contributed by atoms with Crippen LogP contribution in [-0.4, -0.2) is 22.6 Å². The van der Waals surface area contributed by atoms with Crippen LogP contribution in [-0.2, 0) is 9.59 Å². The summed E-state index contributed by atoms with van der Waals surface area (Å²) in [5, 5.41) is 5.87. The van der Waals surface area contributed by atoms with Gasteiger partial charge in [0.15, 0.2) is 4.34 Å². The highest BCUT2D eigenvalue weighted by Crippen LogP contribution is 2.31. The second-order valence-electron chi connectivity index (χ2n) is 7.52. The van der Waals surface area contributed by atoms with Crippen LogP contribution in [0.15, 0.2) is 40.7 Å². The summed E-state index contributed by atoms with van der Waals surface area (Å²) >= 11 is 2.94. The Morgan fingerprint density at radius 2 is 1.69 bits per heavy atom. The van der Waals surface area contributed by atoms with Crippen LogP contribution in [0.25, 0.3) is 10.2 Å². The predicted octanol–water partition coefficient (Wildman–Crippen LogP) is 5.63. The van der Waals surface area contributed by atoms with Crippen molar-refractivity contribution in [1.82, 2.24) is 4.98 Å². The fourth-order valence-corrected chi connectivity index (χ4v) is 4.90. The first-order valence-electron chi connectivity index (χ1n) is 9.50. The van der Waals surface area contributed by atoms with E-state index in [0.717, 1.165) is 37.1 Å². The number of carbonyl (C=O) groups excluding carboxylic acids is 2. The molecule has 0 bridgehead atoms. The quantitative estimate of drug-likeness (QED) is 0.480. The average molecular weight is 428 g/mol. The van der Waals surface area contributed by atoms with Crippen LogP contribution in [0.1, 0.15) is 31.4 Å². The second-order valence-corrected chi connectivity index (χ2v) is 9.77. The predicted molar refractivity (Wildman–Crippen MR) is 123 cm³/mol. The van der Waals surface area contributed by atoms with Crippen LogP contribution >= 0.6 is 23.1 Å². The van der Waals surface area contributed by atoms with Gasteiger partial charge in [-0.3, -0.25) is 9.59 Å². The maximum absolute atomic E-state index is 12.3. The normalized spacial score (nSPS) is 11.1. The topological polar surface area (TPSA) is 71.1 Å². The highest BCUT2D eigenvalue weighted by atomic mass is 32.2. The summed E-state index contributed by atoms with van der Waals surface area (Å²) in [7, 11) is 0. The van der Waals surface area contributed by atoms with Gasteiger partial charge in [0, 0.05) is 17.8 Å². The summed E-state index contributed by atoms with van der Waals surface area (Å²) in [5.41, 5.74) is 4.70. The van der Waals surface area contributed by atoms with E-state index in [1.165, 1.54) is 23.1 Å². The van der Waals surface area contributed by atoms with E-state index < -0.39 is 0 Å². The molecular weight excluding hydrogens is 402 g/mol. The summed E-state index contributed by atoms with van der Waals surface area (Å²) < 4.78 is 1.82. The monoisotopic (exact) mass is 427 g/mol. The molecule has 0 spiro atoms.